The third-order valence-electron chi connectivity index (χ3n) is 4.30. The third-order valence-corrected chi connectivity index (χ3v) is 4.30. The van der Waals surface area contributed by atoms with Gasteiger partial charge < -0.3 is 10.2 Å². The van der Waals surface area contributed by atoms with Gasteiger partial charge in [0, 0.05) is 6.04 Å². The normalized spacial score (nSPS) is 36.9. The van der Waals surface area contributed by atoms with Crippen LogP contribution in [0.4, 0.5) is 0 Å². The van der Waals surface area contributed by atoms with Crippen molar-refractivity contribution in [1.82, 2.24) is 10.2 Å². The fourth-order valence-corrected chi connectivity index (χ4v) is 3.26. The summed E-state index contributed by atoms with van der Waals surface area (Å²) >= 11 is 0. The fraction of sp³-hybridized carbons (Fsp3) is 0.857. The van der Waals surface area contributed by atoms with Crippen LogP contribution in [-0.4, -0.2) is 34.8 Å². The predicted molar refractivity (Wildman–Crippen MR) is 69.9 cm³/mol. The van der Waals surface area contributed by atoms with E-state index in [9.17, 15) is 9.59 Å². The quantitative estimate of drug-likeness (QED) is 0.831. The molecule has 1 saturated carbocycles. The van der Waals surface area contributed by atoms with Crippen molar-refractivity contribution in [2.75, 3.05) is 0 Å². The van der Waals surface area contributed by atoms with Gasteiger partial charge >= 0.3 is 0 Å². The Morgan fingerprint density at radius 2 is 2.00 bits per heavy atom. The van der Waals surface area contributed by atoms with Gasteiger partial charge in [0.2, 0.25) is 11.8 Å². The number of hydrogen-bond donors (Lipinski definition) is 1. The molecule has 18 heavy (non-hydrogen) atoms. The SMILES string of the molecule is CCCC1NC(=O)C(C)N(C2CCC(C)C2)C1=O. The average molecular weight is 252 g/mol. The van der Waals surface area contributed by atoms with E-state index in [1.807, 2.05) is 18.7 Å². The first-order chi connectivity index (χ1) is 8.54. The van der Waals surface area contributed by atoms with Crippen molar-refractivity contribution in [1.29, 1.82) is 0 Å². The zero-order valence-electron chi connectivity index (χ0n) is 11.6. The monoisotopic (exact) mass is 252 g/mol. The lowest BCUT2D eigenvalue weighted by molar-refractivity contribution is -0.151. The van der Waals surface area contributed by atoms with E-state index in [2.05, 4.69) is 12.2 Å². The van der Waals surface area contributed by atoms with E-state index in [4.69, 9.17) is 0 Å². The van der Waals surface area contributed by atoms with Crippen LogP contribution in [0.3, 0.4) is 0 Å². The molecule has 0 bridgehead atoms. The zero-order valence-corrected chi connectivity index (χ0v) is 11.6. The average Bonchev–Trinajstić information content (AvgIpc) is 2.73. The minimum Gasteiger partial charge on any atom is -0.343 e. The van der Waals surface area contributed by atoms with Crippen molar-refractivity contribution in [3.8, 4) is 0 Å². The van der Waals surface area contributed by atoms with Crippen LogP contribution in [0.2, 0.25) is 0 Å². The molecule has 1 saturated heterocycles. The molecule has 4 nitrogen and oxygen atoms in total. The Kier molecular flexibility index (Phi) is 3.93. The van der Waals surface area contributed by atoms with Gasteiger partial charge in [0.15, 0.2) is 0 Å². The Morgan fingerprint density at radius 1 is 1.28 bits per heavy atom. The molecular weight excluding hydrogens is 228 g/mol. The molecule has 2 rings (SSSR count). The standard InChI is InChI=1S/C14H24N2O2/c1-4-5-12-14(18)16(10(3)13(17)15-12)11-7-6-9(2)8-11/h9-12H,4-8H2,1-3H3,(H,15,17). The van der Waals surface area contributed by atoms with Crippen LogP contribution in [0.5, 0.6) is 0 Å². The lowest BCUT2D eigenvalue weighted by atomic mass is 10.0. The lowest BCUT2D eigenvalue weighted by Gasteiger charge is -2.41. The number of carbonyl (C=O) groups is 2. The number of rotatable bonds is 3. The van der Waals surface area contributed by atoms with Crippen LogP contribution in [0.1, 0.15) is 52.9 Å². The molecule has 2 aliphatic rings. The summed E-state index contributed by atoms with van der Waals surface area (Å²) in [6, 6.07) is -0.330. The summed E-state index contributed by atoms with van der Waals surface area (Å²) in [6.45, 7) is 6.11. The van der Waals surface area contributed by atoms with Crippen LogP contribution < -0.4 is 5.32 Å². The van der Waals surface area contributed by atoms with E-state index in [0.717, 1.165) is 25.7 Å². The highest BCUT2D eigenvalue weighted by Gasteiger charge is 2.42. The van der Waals surface area contributed by atoms with Crippen molar-refractivity contribution in [3.63, 3.8) is 0 Å². The second-order valence-electron chi connectivity index (χ2n) is 5.84. The van der Waals surface area contributed by atoms with Gasteiger partial charge in [0.1, 0.15) is 12.1 Å². The van der Waals surface area contributed by atoms with Crippen LogP contribution in [0, 0.1) is 5.92 Å². The summed E-state index contributed by atoms with van der Waals surface area (Å²) < 4.78 is 0. The second kappa shape index (κ2) is 5.29. The largest absolute Gasteiger partial charge is 0.343 e. The first kappa shape index (κ1) is 13.4. The number of amides is 2. The highest BCUT2D eigenvalue weighted by Crippen LogP contribution is 2.31. The smallest absolute Gasteiger partial charge is 0.246 e. The van der Waals surface area contributed by atoms with Gasteiger partial charge in [-0.05, 0) is 38.5 Å². The highest BCUT2D eigenvalue weighted by atomic mass is 16.2. The van der Waals surface area contributed by atoms with Gasteiger partial charge in [-0.15, -0.1) is 0 Å². The lowest BCUT2D eigenvalue weighted by Crippen LogP contribution is -2.64. The minimum absolute atomic E-state index is 0.00704. The van der Waals surface area contributed by atoms with Crippen molar-refractivity contribution in [2.45, 2.75) is 71.0 Å². The molecule has 0 radical (unpaired) electrons. The predicted octanol–water partition coefficient (Wildman–Crippen LogP) is 1.69. The molecular formula is C14H24N2O2. The van der Waals surface area contributed by atoms with E-state index in [0.29, 0.717) is 5.92 Å². The Bertz CT molecular complexity index is 343. The fourth-order valence-electron chi connectivity index (χ4n) is 3.26. The Morgan fingerprint density at radius 3 is 2.56 bits per heavy atom. The molecule has 0 aromatic heterocycles. The second-order valence-corrected chi connectivity index (χ2v) is 5.84. The molecule has 1 heterocycles. The number of hydrogen-bond acceptors (Lipinski definition) is 2. The molecule has 1 N–H and O–H groups in total. The van der Waals surface area contributed by atoms with Crippen LogP contribution in [-0.2, 0) is 9.59 Å². The number of piperazine rings is 1. The van der Waals surface area contributed by atoms with E-state index >= 15 is 0 Å². The van der Waals surface area contributed by atoms with Crippen molar-refractivity contribution < 1.29 is 9.59 Å². The Labute approximate surface area is 109 Å². The molecule has 4 heteroatoms. The van der Waals surface area contributed by atoms with Gasteiger partial charge in [0.25, 0.3) is 0 Å². The zero-order chi connectivity index (χ0) is 13.3. The number of nitrogens with zero attached hydrogens (tertiary/aromatic N) is 1. The summed E-state index contributed by atoms with van der Waals surface area (Å²) in [5, 5.41) is 2.85. The number of nitrogens with one attached hydrogen (secondary N) is 1. The molecule has 102 valence electrons. The summed E-state index contributed by atoms with van der Waals surface area (Å²) in [6.07, 6.45) is 4.92. The van der Waals surface area contributed by atoms with E-state index < -0.39 is 0 Å². The maximum absolute atomic E-state index is 12.5. The summed E-state index contributed by atoms with van der Waals surface area (Å²) in [4.78, 5) is 26.3. The Hall–Kier alpha value is -1.06. The maximum Gasteiger partial charge on any atom is 0.246 e. The van der Waals surface area contributed by atoms with Crippen LogP contribution in [0.25, 0.3) is 0 Å². The molecule has 0 aromatic carbocycles. The Balaban J connectivity index is 2.14. The van der Waals surface area contributed by atoms with Gasteiger partial charge in [-0.1, -0.05) is 20.3 Å². The first-order valence-electron chi connectivity index (χ1n) is 7.17. The minimum atomic E-state index is -0.305. The van der Waals surface area contributed by atoms with Crippen molar-refractivity contribution >= 4 is 11.8 Å². The third kappa shape index (κ3) is 2.38. The van der Waals surface area contributed by atoms with Gasteiger partial charge in [-0.2, -0.15) is 0 Å². The van der Waals surface area contributed by atoms with Crippen molar-refractivity contribution in [3.05, 3.63) is 0 Å². The molecule has 0 spiro atoms. The summed E-state index contributed by atoms with van der Waals surface area (Å²) in [5.41, 5.74) is 0. The van der Waals surface area contributed by atoms with E-state index in [1.54, 1.807) is 0 Å². The molecule has 2 fully saturated rings. The molecule has 1 aliphatic heterocycles. The number of carbonyl (C=O) groups excluding carboxylic acids is 2. The maximum atomic E-state index is 12.5. The van der Waals surface area contributed by atoms with Gasteiger partial charge in [-0.3, -0.25) is 9.59 Å². The highest BCUT2D eigenvalue weighted by molar-refractivity contribution is 5.96. The summed E-state index contributed by atoms with van der Waals surface area (Å²) in [5.74, 6) is 0.806. The van der Waals surface area contributed by atoms with E-state index in [1.165, 1.54) is 6.42 Å². The molecule has 2 amide bonds. The van der Waals surface area contributed by atoms with Gasteiger partial charge in [-0.25, -0.2) is 0 Å². The molecule has 0 aromatic rings. The van der Waals surface area contributed by atoms with E-state index in [-0.39, 0.29) is 29.9 Å². The first-order valence-corrected chi connectivity index (χ1v) is 7.17. The van der Waals surface area contributed by atoms with Gasteiger partial charge in [0.05, 0.1) is 0 Å². The van der Waals surface area contributed by atoms with Crippen LogP contribution in [0.15, 0.2) is 0 Å². The van der Waals surface area contributed by atoms with Crippen LogP contribution >= 0.6 is 0 Å². The summed E-state index contributed by atoms with van der Waals surface area (Å²) in [7, 11) is 0. The topological polar surface area (TPSA) is 49.4 Å². The molecule has 4 atom stereocenters. The molecule has 4 unspecified atom stereocenters. The molecule has 1 aliphatic carbocycles. The van der Waals surface area contributed by atoms with Crippen molar-refractivity contribution in [2.24, 2.45) is 5.92 Å².